The van der Waals surface area contributed by atoms with Crippen molar-refractivity contribution in [3.8, 4) is 5.75 Å². The van der Waals surface area contributed by atoms with Gasteiger partial charge in [-0.2, -0.15) is 0 Å². The number of methoxy groups -OCH3 is 1. The highest BCUT2D eigenvalue weighted by Gasteiger charge is 2.23. The van der Waals surface area contributed by atoms with E-state index >= 15 is 0 Å². The Morgan fingerprint density at radius 3 is 2.50 bits per heavy atom. The predicted octanol–water partition coefficient (Wildman–Crippen LogP) is 1.91. The maximum Gasteiger partial charge on any atom is 0.323 e. The highest BCUT2D eigenvalue weighted by molar-refractivity contribution is 5.76. The molecule has 0 bridgehead atoms. The van der Waals surface area contributed by atoms with Gasteiger partial charge in [-0.25, -0.2) is 0 Å². The van der Waals surface area contributed by atoms with E-state index in [4.69, 9.17) is 15.2 Å². The number of esters is 1. The van der Waals surface area contributed by atoms with Crippen LogP contribution in [0.15, 0.2) is 24.3 Å². The Hall–Kier alpha value is -1.55. The molecule has 0 saturated carbocycles. The summed E-state index contributed by atoms with van der Waals surface area (Å²) in [5.74, 6) is 0.338. The van der Waals surface area contributed by atoms with Crippen LogP contribution >= 0.6 is 0 Å². The monoisotopic (exact) mass is 251 g/mol. The first-order valence-electron chi connectivity index (χ1n) is 5.94. The van der Waals surface area contributed by atoms with Crippen LogP contribution in [-0.2, 0) is 16.0 Å². The molecule has 0 aliphatic carbocycles. The largest absolute Gasteiger partial charge is 0.496 e. The van der Waals surface area contributed by atoms with Crippen molar-refractivity contribution in [1.82, 2.24) is 0 Å². The first-order valence-corrected chi connectivity index (χ1v) is 5.94. The van der Waals surface area contributed by atoms with Crippen molar-refractivity contribution in [3.63, 3.8) is 0 Å². The lowest BCUT2D eigenvalue weighted by molar-refractivity contribution is -0.156. The summed E-state index contributed by atoms with van der Waals surface area (Å²) in [6.45, 7) is 5.46. The molecule has 4 heteroatoms. The predicted molar refractivity (Wildman–Crippen MR) is 70.5 cm³/mol. The Labute approximate surface area is 108 Å². The van der Waals surface area contributed by atoms with Crippen LogP contribution in [0.1, 0.15) is 26.3 Å². The number of rotatable bonds is 4. The standard InChI is InChI=1S/C14H21NO3/c1-14(2,3)18-13(16)11(15)9-10-7-5-6-8-12(10)17-4/h5-8,11H,9,15H2,1-4H3. The fourth-order valence-electron chi connectivity index (χ4n) is 1.57. The highest BCUT2D eigenvalue weighted by atomic mass is 16.6. The summed E-state index contributed by atoms with van der Waals surface area (Å²) in [6.07, 6.45) is 0.402. The van der Waals surface area contributed by atoms with Crippen molar-refractivity contribution in [2.24, 2.45) is 5.73 Å². The number of nitrogens with two attached hydrogens (primary N) is 1. The molecule has 4 nitrogen and oxygen atoms in total. The number of benzene rings is 1. The number of ether oxygens (including phenoxy) is 2. The third-order valence-electron chi connectivity index (χ3n) is 2.34. The lowest BCUT2D eigenvalue weighted by Gasteiger charge is -2.22. The molecule has 1 rings (SSSR count). The quantitative estimate of drug-likeness (QED) is 0.830. The number of para-hydroxylation sites is 1. The fourth-order valence-corrected chi connectivity index (χ4v) is 1.57. The molecule has 0 saturated heterocycles. The van der Waals surface area contributed by atoms with Gasteiger partial charge in [-0.3, -0.25) is 4.79 Å². The van der Waals surface area contributed by atoms with E-state index in [1.54, 1.807) is 7.11 Å². The molecule has 0 radical (unpaired) electrons. The van der Waals surface area contributed by atoms with E-state index in [1.165, 1.54) is 0 Å². The van der Waals surface area contributed by atoms with Gasteiger partial charge in [0.25, 0.3) is 0 Å². The second-order valence-corrected chi connectivity index (χ2v) is 5.16. The Morgan fingerprint density at radius 2 is 1.94 bits per heavy atom. The van der Waals surface area contributed by atoms with E-state index in [1.807, 2.05) is 45.0 Å². The van der Waals surface area contributed by atoms with E-state index in [-0.39, 0.29) is 0 Å². The number of hydrogen-bond acceptors (Lipinski definition) is 4. The summed E-state index contributed by atoms with van der Waals surface area (Å²) in [4.78, 5) is 11.8. The van der Waals surface area contributed by atoms with Crippen molar-refractivity contribution in [2.75, 3.05) is 7.11 Å². The van der Waals surface area contributed by atoms with Gasteiger partial charge in [-0.05, 0) is 32.4 Å². The molecule has 0 aliphatic heterocycles. The van der Waals surface area contributed by atoms with E-state index in [0.717, 1.165) is 11.3 Å². The van der Waals surface area contributed by atoms with E-state index < -0.39 is 17.6 Å². The van der Waals surface area contributed by atoms with E-state index in [2.05, 4.69) is 0 Å². The van der Waals surface area contributed by atoms with Gasteiger partial charge in [0, 0.05) is 6.42 Å². The molecule has 1 aromatic rings. The van der Waals surface area contributed by atoms with Crippen LogP contribution in [0.3, 0.4) is 0 Å². The topological polar surface area (TPSA) is 61.5 Å². The zero-order chi connectivity index (χ0) is 13.8. The van der Waals surface area contributed by atoms with Gasteiger partial charge in [0.05, 0.1) is 7.11 Å². The second kappa shape index (κ2) is 5.87. The van der Waals surface area contributed by atoms with Crippen LogP contribution in [0.4, 0.5) is 0 Å². The summed E-state index contributed by atoms with van der Waals surface area (Å²) >= 11 is 0. The molecule has 0 heterocycles. The summed E-state index contributed by atoms with van der Waals surface area (Å²) in [6, 6.07) is 6.82. The maximum absolute atomic E-state index is 11.8. The third kappa shape index (κ3) is 4.37. The zero-order valence-corrected chi connectivity index (χ0v) is 11.4. The van der Waals surface area contributed by atoms with Gasteiger partial charge < -0.3 is 15.2 Å². The van der Waals surface area contributed by atoms with Gasteiger partial charge in [0.2, 0.25) is 0 Å². The molecule has 0 spiro atoms. The molecule has 1 atom stereocenters. The maximum atomic E-state index is 11.8. The van der Waals surface area contributed by atoms with Crippen LogP contribution in [0, 0.1) is 0 Å². The van der Waals surface area contributed by atoms with Crippen molar-refractivity contribution in [2.45, 2.75) is 38.8 Å². The second-order valence-electron chi connectivity index (χ2n) is 5.16. The molecule has 0 aromatic heterocycles. The smallest absolute Gasteiger partial charge is 0.323 e. The minimum Gasteiger partial charge on any atom is -0.496 e. The number of carbonyl (C=O) groups excluding carboxylic acids is 1. The van der Waals surface area contributed by atoms with Crippen molar-refractivity contribution in [1.29, 1.82) is 0 Å². The Bertz CT molecular complexity index is 410. The lowest BCUT2D eigenvalue weighted by atomic mass is 10.1. The van der Waals surface area contributed by atoms with Crippen LogP contribution in [0.25, 0.3) is 0 Å². The number of carbonyl (C=O) groups is 1. The summed E-state index contributed by atoms with van der Waals surface area (Å²) in [5.41, 5.74) is 6.23. The third-order valence-corrected chi connectivity index (χ3v) is 2.34. The van der Waals surface area contributed by atoms with Crippen molar-refractivity contribution >= 4 is 5.97 Å². The minimum atomic E-state index is -0.680. The Balaban J connectivity index is 2.69. The average molecular weight is 251 g/mol. The zero-order valence-electron chi connectivity index (χ0n) is 11.4. The molecule has 0 aliphatic rings. The summed E-state index contributed by atoms with van der Waals surface area (Å²) < 4.78 is 10.5. The van der Waals surface area contributed by atoms with Crippen LogP contribution in [0.5, 0.6) is 5.75 Å². The van der Waals surface area contributed by atoms with Gasteiger partial charge in [0.15, 0.2) is 0 Å². The summed E-state index contributed by atoms with van der Waals surface area (Å²) in [5, 5.41) is 0. The molecule has 100 valence electrons. The van der Waals surface area contributed by atoms with Crippen molar-refractivity contribution in [3.05, 3.63) is 29.8 Å². The molecule has 1 unspecified atom stereocenters. The van der Waals surface area contributed by atoms with Crippen LogP contribution < -0.4 is 10.5 Å². The SMILES string of the molecule is COc1ccccc1CC(N)C(=O)OC(C)(C)C. The highest BCUT2D eigenvalue weighted by Crippen LogP contribution is 2.19. The molecule has 0 fully saturated rings. The molecule has 18 heavy (non-hydrogen) atoms. The molecule has 0 amide bonds. The fraction of sp³-hybridized carbons (Fsp3) is 0.500. The van der Waals surface area contributed by atoms with Gasteiger partial charge in [0.1, 0.15) is 17.4 Å². The first kappa shape index (κ1) is 14.5. The molecular formula is C14H21NO3. The average Bonchev–Trinajstić information content (AvgIpc) is 2.27. The molecule has 2 N–H and O–H groups in total. The van der Waals surface area contributed by atoms with Gasteiger partial charge in [-0.15, -0.1) is 0 Å². The van der Waals surface area contributed by atoms with Gasteiger partial charge >= 0.3 is 5.97 Å². The normalized spacial score (nSPS) is 12.9. The molecular weight excluding hydrogens is 230 g/mol. The van der Waals surface area contributed by atoms with E-state index in [9.17, 15) is 4.79 Å². The lowest BCUT2D eigenvalue weighted by Crippen LogP contribution is -2.38. The Kier molecular flexibility index (Phi) is 4.73. The Morgan fingerprint density at radius 1 is 1.33 bits per heavy atom. The van der Waals surface area contributed by atoms with Crippen LogP contribution in [0.2, 0.25) is 0 Å². The minimum absolute atomic E-state index is 0.395. The van der Waals surface area contributed by atoms with Gasteiger partial charge in [-0.1, -0.05) is 18.2 Å². The summed E-state index contributed by atoms with van der Waals surface area (Å²) in [7, 11) is 1.60. The number of hydrogen-bond donors (Lipinski definition) is 1. The first-order chi connectivity index (χ1) is 8.33. The van der Waals surface area contributed by atoms with E-state index in [0.29, 0.717) is 6.42 Å². The van der Waals surface area contributed by atoms with Crippen LogP contribution in [-0.4, -0.2) is 24.7 Å². The van der Waals surface area contributed by atoms with Crippen molar-refractivity contribution < 1.29 is 14.3 Å². The molecule has 1 aromatic carbocycles.